The van der Waals surface area contributed by atoms with Gasteiger partial charge in [-0.15, -0.1) is 0 Å². The van der Waals surface area contributed by atoms with Crippen LogP contribution in [-0.2, 0) is 14.8 Å². The first-order chi connectivity index (χ1) is 19.6. The van der Waals surface area contributed by atoms with E-state index in [4.69, 9.17) is 9.47 Å². The number of hydrogen-bond donors (Lipinski definition) is 3. The van der Waals surface area contributed by atoms with E-state index in [9.17, 15) is 18.0 Å². The van der Waals surface area contributed by atoms with Crippen LogP contribution < -0.4 is 14.8 Å². The number of rotatable bonds is 8. The van der Waals surface area contributed by atoms with E-state index in [1.807, 2.05) is 31.2 Å². The van der Waals surface area contributed by atoms with Gasteiger partial charge in [0.2, 0.25) is 0 Å². The first-order valence-corrected chi connectivity index (χ1v) is 15.0. The fourth-order valence-corrected chi connectivity index (χ4v) is 6.46. The number of ether oxygens (including phenoxy) is 2. The second-order valence-electron chi connectivity index (χ2n) is 10.3. The maximum atomic E-state index is 12.9. The zero-order valence-corrected chi connectivity index (χ0v) is 24.0. The normalized spacial score (nSPS) is 14.5. The molecular formula is C31H33N3O6S. The number of amides is 2. The lowest BCUT2D eigenvalue weighted by atomic mass is 9.95. The van der Waals surface area contributed by atoms with E-state index in [0.29, 0.717) is 17.0 Å². The van der Waals surface area contributed by atoms with Crippen LogP contribution in [0.15, 0.2) is 71.6 Å². The van der Waals surface area contributed by atoms with Gasteiger partial charge in [0, 0.05) is 39.3 Å². The summed E-state index contributed by atoms with van der Waals surface area (Å²) in [5.41, 5.74) is 3.97. The Labute approximate surface area is 239 Å². The second-order valence-corrected chi connectivity index (χ2v) is 12.0. The molecule has 1 saturated carbocycles. The van der Waals surface area contributed by atoms with Crippen LogP contribution in [0.5, 0.6) is 5.75 Å². The van der Waals surface area contributed by atoms with Crippen molar-refractivity contribution in [2.45, 2.75) is 56.4 Å². The van der Waals surface area contributed by atoms with Gasteiger partial charge in [-0.2, -0.15) is 0 Å². The number of carbonyl (C=O) groups is 2. The van der Waals surface area contributed by atoms with Crippen molar-refractivity contribution in [3.8, 4) is 5.75 Å². The van der Waals surface area contributed by atoms with E-state index in [-0.39, 0.29) is 22.5 Å². The summed E-state index contributed by atoms with van der Waals surface area (Å²) in [6, 6.07) is 19.0. The molecule has 1 aliphatic carbocycles. The summed E-state index contributed by atoms with van der Waals surface area (Å²) in [6.07, 6.45) is 3.54. The van der Waals surface area contributed by atoms with Gasteiger partial charge >= 0.3 is 6.09 Å². The number of fused-ring (bicyclic) bond motifs is 1. The van der Waals surface area contributed by atoms with E-state index >= 15 is 0 Å². The van der Waals surface area contributed by atoms with E-state index in [2.05, 4.69) is 15.0 Å². The van der Waals surface area contributed by atoms with Crippen molar-refractivity contribution in [2.75, 3.05) is 12.4 Å². The molecule has 1 unspecified atom stereocenters. The summed E-state index contributed by atoms with van der Waals surface area (Å²) in [5, 5.41) is 3.74. The van der Waals surface area contributed by atoms with Gasteiger partial charge < -0.3 is 14.5 Å². The minimum atomic E-state index is -4.04. The number of hydrogen-bond acceptors (Lipinski definition) is 6. The van der Waals surface area contributed by atoms with Gasteiger partial charge in [-0.05, 0) is 80.6 Å². The monoisotopic (exact) mass is 575 g/mol. The van der Waals surface area contributed by atoms with Crippen molar-refractivity contribution < 1.29 is 27.5 Å². The van der Waals surface area contributed by atoms with Gasteiger partial charge in [-0.3, -0.25) is 10.1 Å². The fourth-order valence-electron chi connectivity index (χ4n) is 5.24. The molecule has 0 aliphatic heterocycles. The number of anilines is 1. The van der Waals surface area contributed by atoms with Crippen LogP contribution in [0.2, 0.25) is 0 Å². The van der Waals surface area contributed by atoms with Gasteiger partial charge in [0.05, 0.1) is 12.0 Å². The molecule has 1 fully saturated rings. The lowest BCUT2D eigenvalue weighted by Gasteiger charge is -2.16. The average Bonchev–Trinajstić information content (AvgIpc) is 3.61. The molecule has 0 saturated heterocycles. The summed E-state index contributed by atoms with van der Waals surface area (Å²) in [7, 11) is -2.53. The summed E-state index contributed by atoms with van der Waals surface area (Å²) in [4.78, 5) is 28.7. The van der Waals surface area contributed by atoms with Gasteiger partial charge in [-0.25, -0.2) is 17.9 Å². The summed E-state index contributed by atoms with van der Waals surface area (Å²) in [6.45, 7) is 3.67. The Morgan fingerprint density at radius 3 is 2.49 bits per heavy atom. The molecule has 0 spiro atoms. The maximum absolute atomic E-state index is 12.9. The first kappa shape index (κ1) is 28.2. The standard InChI is InChI=1S/C31H33N3O6S/c1-19-8-4-7-11-29(19)41(37,38)34-30(35)21-12-14-25(28(18-21)39-3)20(2)27-17-22-16-23(13-15-26(22)33-27)32-31(36)40-24-9-5-6-10-24/h4,7-8,11-18,20,24,33H,5-6,9-10H2,1-3H3,(H,32,36)(H,34,35). The lowest BCUT2D eigenvalue weighted by molar-refractivity contribution is 0.0980. The second kappa shape index (κ2) is 11.7. The molecule has 1 heterocycles. The first-order valence-electron chi connectivity index (χ1n) is 13.6. The minimum absolute atomic E-state index is 0.0108. The zero-order valence-electron chi connectivity index (χ0n) is 23.2. The molecule has 5 rings (SSSR count). The van der Waals surface area contributed by atoms with Crippen molar-refractivity contribution in [3.05, 3.63) is 89.1 Å². The summed E-state index contributed by atoms with van der Waals surface area (Å²) < 4.78 is 38.8. The number of H-pyrrole nitrogens is 1. The number of carbonyl (C=O) groups excluding carboxylic acids is 2. The third-order valence-electron chi connectivity index (χ3n) is 7.50. The Balaban J connectivity index is 1.32. The van der Waals surface area contributed by atoms with Crippen LogP contribution in [0.1, 0.15) is 65.7 Å². The largest absolute Gasteiger partial charge is 0.496 e. The van der Waals surface area contributed by atoms with E-state index in [0.717, 1.165) is 47.8 Å². The molecule has 4 aromatic rings. The lowest BCUT2D eigenvalue weighted by Crippen LogP contribution is -2.31. The van der Waals surface area contributed by atoms with Crippen LogP contribution >= 0.6 is 0 Å². The Hall–Kier alpha value is -4.31. The molecule has 2 amide bonds. The Bertz CT molecular complexity index is 1710. The van der Waals surface area contributed by atoms with Crippen LogP contribution in [-0.4, -0.2) is 38.6 Å². The number of aryl methyl sites for hydroxylation is 1. The predicted molar refractivity (Wildman–Crippen MR) is 157 cm³/mol. The predicted octanol–water partition coefficient (Wildman–Crippen LogP) is 6.25. The third kappa shape index (κ3) is 6.22. The molecule has 214 valence electrons. The number of aromatic nitrogens is 1. The van der Waals surface area contributed by atoms with Crippen molar-refractivity contribution in [3.63, 3.8) is 0 Å². The molecule has 41 heavy (non-hydrogen) atoms. The maximum Gasteiger partial charge on any atom is 0.411 e. The Morgan fingerprint density at radius 1 is 1.00 bits per heavy atom. The van der Waals surface area contributed by atoms with E-state index in [1.165, 1.54) is 19.2 Å². The molecule has 1 atom stereocenters. The Morgan fingerprint density at radius 2 is 1.76 bits per heavy atom. The average molecular weight is 576 g/mol. The molecule has 3 N–H and O–H groups in total. The summed E-state index contributed by atoms with van der Waals surface area (Å²) in [5.74, 6) is -0.439. The molecule has 1 aliphatic rings. The molecule has 0 radical (unpaired) electrons. The number of benzene rings is 3. The van der Waals surface area contributed by atoms with Crippen molar-refractivity contribution in [1.29, 1.82) is 0 Å². The summed E-state index contributed by atoms with van der Waals surface area (Å²) >= 11 is 0. The number of aromatic amines is 1. The number of sulfonamides is 1. The quantitative estimate of drug-likeness (QED) is 0.228. The fraction of sp³-hybridized carbons (Fsp3) is 0.290. The molecule has 10 heteroatoms. The highest BCUT2D eigenvalue weighted by atomic mass is 32.2. The third-order valence-corrected chi connectivity index (χ3v) is 8.99. The van der Waals surface area contributed by atoms with Crippen molar-refractivity contribution in [2.24, 2.45) is 0 Å². The van der Waals surface area contributed by atoms with E-state index < -0.39 is 22.0 Å². The molecule has 0 bridgehead atoms. The number of nitrogens with one attached hydrogen (secondary N) is 3. The molecular weight excluding hydrogens is 542 g/mol. The molecule has 3 aromatic carbocycles. The highest BCUT2D eigenvalue weighted by Gasteiger charge is 2.23. The van der Waals surface area contributed by atoms with Crippen LogP contribution in [0.3, 0.4) is 0 Å². The number of methoxy groups -OCH3 is 1. The Kier molecular flexibility index (Phi) is 8.03. The van der Waals surface area contributed by atoms with Crippen LogP contribution in [0.25, 0.3) is 10.9 Å². The van der Waals surface area contributed by atoms with Gasteiger partial charge in [0.15, 0.2) is 0 Å². The smallest absolute Gasteiger partial charge is 0.411 e. The zero-order chi connectivity index (χ0) is 29.1. The molecule has 1 aromatic heterocycles. The van der Waals surface area contributed by atoms with Crippen LogP contribution in [0.4, 0.5) is 10.5 Å². The topological polar surface area (TPSA) is 127 Å². The highest BCUT2D eigenvalue weighted by Crippen LogP contribution is 2.34. The van der Waals surface area contributed by atoms with Crippen molar-refractivity contribution in [1.82, 2.24) is 9.71 Å². The van der Waals surface area contributed by atoms with Crippen LogP contribution in [0, 0.1) is 6.92 Å². The van der Waals surface area contributed by atoms with E-state index in [1.54, 1.807) is 37.3 Å². The van der Waals surface area contributed by atoms with Gasteiger partial charge in [-0.1, -0.05) is 31.2 Å². The van der Waals surface area contributed by atoms with Gasteiger partial charge in [0.25, 0.3) is 15.9 Å². The van der Waals surface area contributed by atoms with Crippen molar-refractivity contribution >= 4 is 38.6 Å². The van der Waals surface area contributed by atoms with Gasteiger partial charge in [0.1, 0.15) is 11.9 Å². The molecule has 9 nitrogen and oxygen atoms in total. The minimum Gasteiger partial charge on any atom is -0.496 e. The highest BCUT2D eigenvalue weighted by molar-refractivity contribution is 7.90. The SMILES string of the molecule is COc1cc(C(=O)NS(=O)(=O)c2ccccc2C)ccc1C(C)c1cc2cc(NC(=O)OC3CCCC3)ccc2[nH]1.